The number of carbonyl (C=O) groups is 4. The van der Waals surface area contributed by atoms with Gasteiger partial charge < -0.3 is 34.9 Å². The molecular weight excluding hydrogens is 486 g/mol. The summed E-state index contributed by atoms with van der Waals surface area (Å²) in [6, 6.07) is 18.3. The van der Waals surface area contributed by atoms with Gasteiger partial charge in [0.2, 0.25) is 6.33 Å². The summed E-state index contributed by atoms with van der Waals surface area (Å²) in [5, 5.41) is 33.4. The van der Waals surface area contributed by atoms with Gasteiger partial charge in [-0.3, -0.25) is 0 Å². The first kappa shape index (κ1) is 30.5. The lowest BCUT2D eigenvalue weighted by atomic mass is 10.1. The standard InChI is InChI=1S/C21H25N3O.2C2H2O4/c1-2-23(16-13-18-9-4-3-5-10-18)14-8-15-24-17-22-20-12-7-6-11-19(20)21(24)25;2*3-1(4)2(5)6/h3-7,9-12,17H,2,8,13-16H2,1H3;2*(H,3,4)(H,5,6). The van der Waals surface area contributed by atoms with E-state index in [1.807, 2.05) is 24.3 Å². The van der Waals surface area contributed by atoms with Gasteiger partial charge in [0, 0.05) is 12.8 Å². The van der Waals surface area contributed by atoms with Crippen LogP contribution in [0.3, 0.4) is 0 Å². The average molecular weight is 516 g/mol. The quantitative estimate of drug-likeness (QED) is 0.262. The van der Waals surface area contributed by atoms with Crippen LogP contribution < -0.4 is 25.7 Å². The number of hydrogen-bond acceptors (Lipinski definition) is 7. The largest absolute Gasteiger partial charge is 0.539 e. The fraction of sp³-hybridized carbons (Fsp3) is 0.280. The second-order valence-electron chi connectivity index (χ2n) is 7.70. The molecule has 0 saturated heterocycles. The van der Waals surface area contributed by atoms with Gasteiger partial charge in [-0.05, 0) is 24.6 Å². The highest BCUT2D eigenvalue weighted by molar-refractivity contribution is 6.26. The van der Waals surface area contributed by atoms with Crippen molar-refractivity contribution < 1.29 is 49.5 Å². The molecule has 0 aliphatic carbocycles. The molecule has 2 aromatic carbocycles. The average Bonchev–Trinajstić information content (AvgIpc) is 2.88. The number of rotatable bonds is 8. The van der Waals surface area contributed by atoms with E-state index in [2.05, 4.69) is 42.2 Å². The number of carboxylic acid groups (broad SMARTS) is 4. The van der Waals surface area contributed by atoms with Crippen molar-refractivity contribution in [2.75, 3.05) is 19.6 Å². The first-order valence-electron chi connectivity index (χ1n) is 11.3. The normalized spacial score (nSPS) is 10.7. The molecule has 0 saturated carbocycles. The van der Waals surface area contributed by atoms with Crippen LogP contribution in [0.25, 0.3) is 10.9 Å². The number of aromatic nitrogens is 2. The number of benzene rings is 2. The number of nitrogens with zero attached hydrogens (tertiary/aromatic N) is 1. The summed E-state index contributed by atoms with van der Waals surface area (Å²) in [7, 11) is 0. The van der Waals surface area contributed by atoms with Gasteiger partial charge in [-0.15, -0.1) is 0 Å². The Bertz CT molecular complexity index is 1190. The molecule has 12 heteroatoms. The van der Waals surface area contributed by atoms with Gasteiger partial charge in [0.25, 0.3) is 0 Å². The molecule has 0 radical (unpaired) electrons. The SMILES string of the molecule is CC[NH+](CCCn1c[nH+]c2ccccc2c1=O)CCc1ccccc1.O=C([O-])C(=O)O.O=C([O-])C(=O)O. The summed E-state index contributed by atoms with van der Waals surface area (Å²) < 4.78 is 1.80. The van der Waals surface area contributed by atoms with E-state index in [1.54, 1.807) is 15.8 Å². The molecule has 1 unspecified atom stereocenters. The lowest BCUT2D eigenvalue weighted by Crippen LogP contribution is -3.12. The van der Waals surface area contributed by atoms with Gasteiger partial charge in [0.1, 0.15) is 10.9 Å². The lowest BCUT2D eigenvalue weighted by Gasteiger charge is -2.17. The van der Waals surface area contributed by atoms with Crippen molar-refractivity contribution in [1.82, 2.24) is 4.57 Å². The number of carboxylic acids is 4. The summed E-state index contributed by atoms with van der Waals surface area (Å²) in [5.74, 6) is -8.02. The first-order chi connectivity index (χ1) is 17.6. The minimum absolute atomic E-state index is 0.0942. The number of para-hydroxylation sites is 1. The fourth-order valence-electron chi connectivity index (χ4n) is 3.27. The number of fused-ring (bicyclic) bond motifs is 1. The Morgan fingerprint density at radius 1 is 0.892 bits per heavy atom. The van der Waals surface area contributed by atoms with Crippen LogP contribution in [0.4, 0.5) is 0 Å². The van der Waals surface area contributed by atoms with E-state index in [9.17, 15) is 4.79 Å². The number of aromatic amines is 1. The fourth-order valence-corrected chi connectivity index (χ4v) is 3.27. The highest BCUT2D eigenvalue weighted by atomic mass is 16.4. The van der Waals surface area contributed by atoms with E-state index < -0.39 is 23.9 Å². The molecule has 1 aromatic heterocycles. The van der Waals surface area contributed by atoms with Crippen molar-refractivity contribution in [2.45, 2.75) is 26.3 Å². The molecule has 0 spiro atoms. The van der Waals surface area contributed by atoms with Crippen molar-refractivity contribution in [1.29, 1.82) is 0 Å². The van der Waals surface area contributed by atoms with Crippen LogP contribution >= 0.6 is 0 Å². The minimum Gasteiger partial charge on any atom is -0.539 e. The number of carbonyl (C=O) groups excluding carboxylic acids is 2. The smallest absolute Gasteiger partial charge is 0.351 e. The second-order valence-corrected chi connectivity index (χ2v) is 7.70. The highest BCUT2D eigenvalue weighted by Gasteiger charge is 2.11. The molecule has 0 bridgehead atoms. The molecule has 12 nitrogen and oxygen atoms in total. The van der Waals surface area contributed by atoms with Gasteiger partial charge in [0.05, 0.1) is 26.2 Å². The number of H-pyrrole nitrogens is 1. The summed E-state index contributed by atoms with van der Waals surface area (Å²) >= 11 is 0. The zero-order chi connectivity index (χ0) is 27.8. The summed E-state index contributed by atoms with van der Waals surface area (Å²) in [6.07, 6.45) is 3.91. The molecule has 0 fully saturated rings. The number of quaternary nitrogens is 1. The van der Waals surface area contributed by atoms with E-state index in [-0.39, 0.29) is 5.56 Å². The van der Waals surface area contributed by atoms with Crippen LogP contribution in [-0.4, -0.2) is 58.3 Å². The topological polar surface area (TPSA) is 195 Å². The van der Waals surface area contributed by atoms with Crippen molar-refractivity contribution in [2.24, 2.45) is 0 Å². The molecule has 1 atom stereocenters. The number of likely N-dealkylation sites (N-methyl/N-ethyl adjacent to an activating group) is 1. The van der Waals surface area contributed by atoms with E-state index in [0.29, 0.717) is 0 Å². The number of aryl methyl sites for hydroxylation is 1. The molecule has 0 amide bonds. The van der Waals surface area contributed by atoms with Gasteiger partial charge in [-0.2, -0.15) is 4.57 Å². The summed E-state index contributed by atoms with van der Waals surface area (Å²) in [5.41, 5.74) is 2.39. The van der Waals surface area contributed by atoms with Gasteiger partial charge in [-0.25, -0.2) is 19.4 Å². The third kappa shape index (κ3) is 11.6. The zero-order valence-electron chi connectivity index (χ0n) is 20.2. The first-order valence-corrected chi connectivity index (χ1v) is 11.3. The Morgan fingerprint density at radius 2 is 1.43 bits per heavy atom. The maximum Gasteiger partial charge on any atom is 0.351 e. The summed E-state index contributed by atoms with van der Waals surface area (Å²) in [4.78, 5) is 53.4. The molecular formula is C25H29N3O9. The highest BCUT2D eigenvalue weighted by Crippen LogP contribution is 2.01. The van der Waals surface area contributed by atoms with Crippen LogP contribution in [0.15, 0.2) is 65.7 Å². The van der Waals surface area contributed by atoms with Crippen molar-refractivity contribution in [3.8, 4) is 0 Å². The zero-order valence-corrected chi connectivity index (χ0v) is 20.2. The van der Waals surface area contributed by atoms with Crippen LogP contribution in [0.2, 0.25) is 0 Å². The third-order valence-corrected chi connectivity index (χ3v) is 5.18. The number of hydrogen-bond donors (Lipinski definition) is 3. The van der Waals surface area contributed by atoms with Crippen LogP contribution in [0.1, 0.15) is 18.9 Å². The Hall–Kier alpha value is -4.58. The van der Waals surface area contributed by atoms with E-state index in [1.165, 1.54) is 5.56 Å². The predicted molar refractivity (Wildman–Crippen MR) is 126 cm³/mol. The van der Waals surface area contributed by atoms with Gasteiger partial charge in [0.15, 0.2) is 11.9 Å². The number of aliphatic carboxylic acids is 4. The Labute approximate surface area is 212 Å². The Morgan fingerprint density at radius 3 is 1.97 bits per heavy atom. The van der Waals surface area contributed by atoms with Crippen LogP contribution in [0, 0.1) is 0 Å². The second kappa shape index (κ2) is 16.2. The molecule has 1 heterocycles. The molecule has 0 aliphatic rings. The maximum absolute atomic E-state index is 12.5. The van der Waals surface area contributed by atoms with Gasteiger partial charge in [-0.1, -0.05) is 42.5 Å². The monoisotopic (exact) mass is 515 g/mol. The molecule has 3 rings (SSSR count). The maximum atomic E-state index is 12.5. The predicted octanol–water partition coefficient (Wildman–Crippen LogP) is -3.00. The van der Waals surface area contributed by atoms with E-state index in [4.69, 9.17) is 39.6 Å². The molecule has 0 aliphatic heterocycles. The van der Waals surface area contributed by atoms with E-state index in [0.717, 1.165) is 49.9 Å². The van der Waals surface area contributed by atoms with Crippen LogP contribution in [-0.2, 0) is 32.1 Å². The summed E-state index contributed by atoms with van der Waals surface area (Å²) in [6.45, 7) is 6.33. The van der Waals surface area contributed by atoms with Crippen molar-refractivity contribution in [3.63, 3.8) is 0 Å². The minimum atomic E-state index is -2.07. The number of nitrogens with one attached hydrogen (secondary N) is 2. The van der Waals surface area contributed by atoms with Crippen molar-refractivity contribution in [3.05, 3.63) is 76.8 Å². The van der Waals surface area contributed by atoms with Gasteiger partial charge >= 0.3 is 17.5 Å². The van der Waals surface area contributed by atoms with Crippen LogP contribution in [0.5, 0.6) is 0 Å². The molecule has 3 aromatic rings. The van der Waals surface area contributed by atoms with E-state index >= 15 is 0 Å². The molecule has 4 N–H and O–H groups in total. The molecule has 37 heavy (non-hydrogen) atoms. The third-order valence-electron chi connectivity index (χ3n) is 5.18. The Balaban J connectivity index is 0.000000476. The lowest BCUT2D eigenvalue weighted by molar-refractivity contribution is -0.898. The molecule has 198 valence electrons. The van der Waals surface area contributed by atoms with Crippen molar-refractivity contribution >= 4 is 34.8 Å². The Kier molecular flexibility index (Phi) is 13.3.